The van der Waals surface area contributed by atoms with Gasteiger partial charge in [-0.25, -0.2) is 0 Å². The Labute approximate surface area is 169 Å². The summed E-state index contributed by atoms with van der Waals surface area (Å²) in [5.74, 6) is 0. The van der Waals surface area contributed by atoms with E-state index in [0.29, 0.717) is 0 Å². The van der Waals surface area contributed by atoms with Crippen LogP contribution in [0.4, 0.5) is 17.1 Å². The van der Waals surface area contributed by atoms with Crippen molar-refractivity contribution in [3.63, 3.8) is 0 Å². The Hall–Kier alpha value is -1.47. The molecule has 130 valence electrons. The summed E-state index contributed by atoms with van der Waals surface area (Å²) >= 11 is 4.88. The minimum absolute atomic E-state index is 0.926. The summed E-state index contributed by atoms with van der Waals surface area (Å²) in [5, 5.41) is 2.31. The van der Waals surface area contributed by atoms with E-state index in [1.807, 2.05) is 31.2 Å². The summed E-state index contributed by atoms with van der Waals surface area (Å²) in [6.45, 7) is 2.10. The molecule has 0 fully saturated rings. The molecule has 1 aromatic heterocycles. The van der Waals surface area contributed by atoms with Crippen LogP contribution in [0.3, 0.4) is 0 Å². The van der Waals surface area contributed by atoms with Crippen LogP contribution in [0.5, 0.6) is 0 Å². The number of para-hydroxylation sites is 4. The first-order valence-corrected chi connectivity index (χ1v) is 12.2. The van der Waals surface area contributed by atoms with Crippen LogP contribution in [0.25, 0.3) is 21.9 Å². The van der Waals surface area contributed by atoms with Crippen molar-refractivity contribution in [3.05, 3.63) is 73.4 Å². The number of hydrogen-bond acceptors (Lipinski definition) is 3. The summed E-state index contributed by atoms with van der Waals surface area (Å²) < 4.78 is 6.17. The van der Waals surface area contributed by atoms with Gasteiger partial charge in [0.15, 0.2) is 5.58 Å². The molecule has 3 aromatic carbocycles. The van der Waals surface area contributed by atoms with E-state index in [-0.39, 0.29) is 0 Å². The van der Waals surface area contributed by atoms with Gasteiger partial charge in [-0.3, -0.25) is 0 Å². The molecule has 5 heteroatoms. The van der Waals surface area contributed by atoms with E-state index >= 15 is 0 Å². The van der Waals surface area contributed by atoms with Gasteiger partial charge >= 0.3 is 36.3 Å². The zero-order valence-corrected chi connectivity index (χ0v) is 17.1. The Bertz CT molecular complexity index is 1050. The number of furan rings is 1. The van der Waals surface area contributed by atoms with Crippen LogP contribution in [0.15, 0.2) is 71.1 Å². The second-order valence-corrected chi connectivity index (χ2v) is 5.84. The first-order chi connectivity index (χ1) is 12.3. The normalized spacial score (nSPS) is 13.1. The standard InChI is InChI=1S/C20H15N2O.Ag.HI/c1-21-13-22(17-10-4-3-9-16(17)21)18-11-6-8-15-14-7-2-5-12-19(14)23-20(15)18;;/h2-13H,1H3;;1H/q-1;+1;/p-1. The molecule has 2 heterocycles. The van der Waals surface area contributed by atoms with Crippen LogP contribution in [-0.2, 0) is 17.3 Å². The van der Waals surface area contributed by atoms with Crippen molar-refractivity contribution in [2.75, 3.05) is 16.8 Å². The van der Waals surface area contributed by atoms with E-state index in [1.54, 1.807) is 0 Å². The van der Waals surface area contributed by atoms with Crippen LogP contribution in [0.2, 0.25) is 0 Å². The molecule has 0 radical (unpaired) electrons. The SMILES string of the molecule is CN1[CH-]N(c2cccc3c2oc2ccccc23)c2ccccc21.[Ag][I]. The van der Waals surface area contributed by atoms with Crippen molar-refractivity contribution in [2.24, 2.45) is 0 Å². The van der Waals surface area contributed by atoms with Crippen LogP contribution in [0, 0.1) is 6.67 Å². The zero-order valence-electron chi connectivity index (χ0n) is 13.4. The predicted octanol–water partition coefficient (Wildman–Crippen LogP) is 6.18. The van der Waals surface area contributed by atoms with Crippen molar-refractivity contribution in [1.82, 2.24) is 0 Å². The van der Waals surface area contributed by atoms with Gasteiger partial charge in [0.25, 0.3) is 0 Å². The second kappa shape index (κ2) is 7.03. The zero-order chi connectivity index (χ0) is 17.4. The van der Waals surface area contributed by atoms with Crippen molar-refractivity contribution in [2.45, 2.75) is 0 Å². The molecule has 0 spiro atoms. The Morgan fingerprint density at radius 1 is 0.800 bits per heavy atom. The minimum atomic E-state index is 0.926. The van der Waals surface area contributed by atoms with E-state index in [0.717, 1.165) is 27.6 Å². The molecule has 3 nitrogen and oxygen atoms in total. The van der Waals surface area contributed by atoms with Gasteiger partial charge in [-0.1, -0.05) is 42.5 Å². The van der Waals surface area contributed by atoms with Crippen molar-refractivity contribution in [3.8, 4) is 0 Å². The molecular weight excluding hydrogens is 519 g/mol. The molecule has 1 aliphatic rings. The number of rotatable bonds is 1. The van der Waals surface area contributed by atoms with Gasteiger partial charge in [0.05, 0.1) is 5.69 Å². The molecule has 25 heavy (non-hydrogen) atoms. The second-order valence-electron chi connectivity index (χ2n) is 5.84. The summed E-state index contributed by atoms with van der Waals surface area (Å²) in [4.78, 5) is 4.33. The summed E-state index contributed by atoms with van der Waals surface area (Å²) in [7, 11) is 2.07. The average Bonchev–Trinajstić information content (AvgIpc) is 3.22. The first-order valence-electron chi connectivity index (χ1n) is 7.81. The first kappa shape index (κ1) is 17.0. The number of hydrogen-bond donors (Lipinski definition) is 0. The fourth-order valence-electron chi connectivity index (χ4n) is 3.38. The number of anilines is 3. The molecule has 0 unspecified atom stereocenters. The van der Waals surface area contributed by atoms with Crippen molar-refractivity contribution in [1.29, 1.82) is 0 Å². The van der Waals surface area contributed by atoms with Gasteiger partial charge in [-0.15, -0.1) is 6.67 Å². The number of benzene rings is 3. The summed E-state index contributed by atoms with van der Waals surface area (Å²) in [5.41, 5.74) is 5.28. The Balaban J connectivity index is 0.000000758. The van der Waals surface area contributed by atoms with Crippen LogP contribution >= 0.6 is 19.0 Å². The fourth-order valence-corrected chi connectivity index (χ4v) is 3.38. The number of halogens is 1. The molecule has 0 saturated carbocycles. The van der Waals surface area contributed by atoms with Crippen LogP contribution < -0.4 is 9.80 Å². The fraction of sp³-hybridized carbons (Fsp3) is 0.0500. The van der Waals surface area contributed by atoms with Crippen molar-refractivity contribution < 1.29 is 21.7 Å². The Kier molecular flexibility index (Phi) is 4.78. The molecule has 0 N–H and O–H groups in total. The molecule has 4 aromatic rings. The third kappa shape index (κ3) is 2.77. The Morgan fingerprint density at radius 3 is 2.28 bits per heavy atom. The monoisotopic (exact) mass is 533 g/mol. The van der Waals surface area contributed by atoms with E-state index in [1.165, 1.54) is 11.4 Å². The predicted molar refractivity (Wildman–Crippen MR) is 109 cm³/mol. The quantitative estimate of drug-likeness (QED) is 0.165. The van der Waals surface area contributed by atoms with Crippen LogP contribution in [0.1, 0.15) is 0 Å². The summed E-state index contributed by atoms with van der Waals surface area (Å²) in [6, 6.07) is 22.9. The van der Waals surface area contributed by atoms with Crippen LogP contribution in [-0.4, -0.2) is 7.05 Å². The van der Waals surface area contributed by atoms with Gasteiger partial charge in [0.1, 0.15) is 5.58 Å². The topological polar surface area (TPSA) is 19.6 Å². The molecule has 0 amide bonds. The maximum absolute atomic E-state index is 6.17. The van der Waals surface area contributed by atoms with E-state index in [4.69, 9.17) is 4.42 Å². The molecule has 0 bridgehead atoms. The van der Waals surface area contributed by atoms with Gasteiger partial charge in [-0.05, 0) is 31.3 Å². The van der Waals surface area contributed by atoms with Gasteiger partial charge in [0.2, 0.25) is 0 Å². The van der Waals surface area contributed by atoms with Gasteiger partial charge in [0, 0.05) is 22.1 Å². The van der Waals surface area contributed by atoms with E-state index in [9.17, 15) is 0 Å². The maximum atomic E-state index is 6.17. The molecular formula is C20H15AgIN2O-. The summed E-state index contributed by atoms with van der Waals surface area (Å²) in [6.07, 6.45) is 0. The molecule has 0 saturated heterocycles. The third-order valence-electron chi connectivity index (χ3n) is 4.45. The third-order valence-corrected chi connectivity index (χ3v) is 4.45. The number of nitrogens with zero attached hydrogens (tertiary/aromatic N) is 2. The molecule has 1 aliphatic heterocycles. The molecule has 5 rings (SSSR count). The van der Waals surface area contributed by atoms with Crippen molar-refractivity contribution >= 4 is 58.0 Å². The Morgan fingerprint density at radius 2 is 1.44 bits per heavy atom. The number of fused-ring (bicyclic) bond motifs is 4. The van der Waals surface area contributed by atoms with Gasteiger partial charge in [-0.2, -0.15) is 0 Å². The average molecular weight is 534 g/mol. The molecule has 0 atom stereocenters. The molecule has 0 aliphatic carbocycles. The van der Waals surface area contributed by atoms with E-state index in [2.05, 4.69) is 95.4 Å². The van der Waals surface area contributed by atoms with Gasteiger partial charge < -0.3 is 14.2 Å². The van der Waals surface area contributed by atoms with E-state index < -0.39 is 0 Å².